The van der Waals surface area contributed by atoms with Gasteiger partial charge in [0.25, 0.3) is 0 Å². The van der Waals surface area contributed by atoms with Crippen molar-refractivity contribution in [3.05, 3.63) is 72.3 Å². The lowest BCUT2D eigenvalue weighted by atomic mass is 9.97. The largest absolute Gasteiger partial charge is 0.495 e. The van der Waals surface area contributed by atoms with Crippen LogP contribution in [0.2, 0.25) is 0 Å². The summed E-state index contributed by atoms with van der Waals surface area (Å²) in [7, 11) is 1.52. The standard InChI is InChI=1S/C25H27N3O4/c1-31-23-12-5-4-11-21(23)27-25(30)24(29)26-17-22(28-13-15-32-16-14-28)20-10-6-8-18-7-2-3-9-19(18)20/h2-12,22H,13-17H2,1H3,(H,26,29)(H,27,30). The highest BCUT2D eigenvalue weighted by Crippen LogP contribution is 2.29. The van der Waals surface area contributed by atoms with Crippen LogP contribution in [0, 0.1) is 0 Å². The van der Waals surface area contributed by atoms with Gasteiger partial charge in [-0.05, 0) is 28.5 Å². The fourth-order valence-electron chi connectivity index (χ4n) is 4.06. The molecule has 166 valence electrons. The average molecular weight is 434 g/mol. The maximum Gasteiger partial charge on any atom is 0.313 e. The molecule has 2 amide bonds. The van der Waals surface area contributed by atoms with Crippen molar-refractivity contribution in [2.75, 3.05) is 45.3 Å². The summed E-state index contributed by atoms with van der Waals surface area (Å²) >= 11 is 0. The van der Waals surface area contributed by atoms with Gasteiger partial charge in [0, 0.05) is 19.6 Å². The second-order valence-electron chi connectivity index (χ2n) is 7.60. The first kappa shape index (κ1) is 21.8. The smallest absolute Gasteiger partial charge is 0.313 e. The molecule has 2 N–H and O–H groups in total. The van der Waals surface area contributed by atoms with Gasteiger partial charge in [0.2, 0.25) is 0 Å². The van der Waals surface area contributed by atoms with E-state index in [-0.39, 0.29) is 6.04 Å². The van der Waals surface area contributed by atoms with Gasteiger partial charge in [-0.2, -0.15) is 0 Å². The van der Waals surface area contributed by atoms with Crippen LogP contribution in [0.1, 0.15) is 11.6 Å². The molecule has 0 aliphatic carbocycles. The number of morpholine rings is 1. The monoisotopic (exact) mass is 433 g/mol. The van der Waals surface area contributed by atoms with Gasteiger partial charge in [-0.1, -0.05) is 54.6 Å². The number of anilines is 1. The van der Waals surface area contributed by atoms with E-state index in [0.29, 0.717) is 31.2 Å². The van der Waals surface area contributed by atoms with E-state index in [1.807, 2.05) is 18.2 Å². The predicted molar refractivity (Wildman–Crippen MR) is 124 cm³/mol. The van der Waals surface area contributed by atoms with Gasteiger partial charge >= 0.3 is 11.8 Å². The number of hydrogen-bond donors (Lipinski definition) is 2. The van der Waals surface area contributed by atoms with Crippen molar-refractivity contribution < 1.29 is 19.1 Å². The number of ether oxygens (including phenoxy) is 2. The van der Waals surface area contributed by atoms with E-state index in [9.17, 15) is 9.59 Å². The molecule has 1 aliphatic heterocycles. The number of benzene rings is 3. The molecule has 0 saturated carbocycles. The molecule has 7 nitrogen and oxygen atoms in total. The molecule has 3 aromatic rings. The average Bonchev–Trinajstić information content (AvgIpc) is 2.85. The molecule has 1 heterocycles. The van der Waals surface area contributed by atoms with Gasteiger partial charge in [0.1, 0.15) is 5.75 Å². The van der Waals surface area contributed by atoms with Crippen molar-refractivity contribution in [2.24, 2.45) is 0 Å². The highest BCUT2D eigenvalue weighted by molar-refractivity contribution is 6.39. The third-order valence-electron chi connectivity index (χ3n) is 5.69. The van der Waals surface area contributed by atoms with Gasteiger partial charge in [0.05, 0.1) is 32.1 Å². The summed E-state index contributed by atoms with van der Waals surface area (Å²) in [6, 6.07) is 21.3. The van der Waals surface area contributed by atoms with Crippen LogP contribution < -0.4 is 15.4 Å². The Balaban J connectivity index is 1.51. The molecule has 3 aromatic carbocycles. The molecule has 0 aromatic heterocycles. The molecule has 1 atom stereocenters. The van der Waals surface area contributed by atoms with Crippen molar-refractivity contribution in [1.29, 1.82) is 0 Å². The van der Waals surface area contributed by atoms with Crippen LogP contribution in [0.5, 0.6) is 5.75 Å². The van der Waals surface area contributed by atoms with Crippen molar-refractivity contribution >= 4 is 28.3 Å². The van der Waals surface area contributed by atoms with Crippen molar-refractivity contribution in [2.45, 2.75) is 6.04 Å². The summed E-state index contributed by atoms with van der Waals surface area (Å²) in [5.74, 6) is -0.918. The van der Waals surface area contributed by atoms with E-state index in [0.717, 1.165) is 29.4 Å². The zero-order valence-electron chi connectivity index (χ0n) is 18.0. The van der Waals surface area contributed by atoms with Crippen LogP contribution >= 0.6 is 0 Å². The molecular weight excluding hydrogens is 406 g/mol. The summed E-state index contributed by atoms with van der Waals surface area (Å²) < 4.78 is 10.8. The number of carbonyl (C=O) groups excluding carboxylic acids is 2. The zero-order chi connectivity index (χ0) is 22.3. The topological polar surface area (TPSA) is 79.9 Å². The van der Waals surface area contributed by atoms with Crippen LogP contribution in [0.3, 0.4) is 0 Å². The molecule has 1 saturated heterocycles. The molecule has 1 aliphatic rings. The Morgan fingerprint density at radius 1 is 0.969 bits per heavy atom. The molecule has 0 radical (unpaired) electrons. The van der Waals surface area contributed by atoms with Crippen LogP contribution in [0.25, 0.3) is 10.8 Å². The van der Waals surface area contributed by atoms with E-state index in [4.69, 9.17) is 9.47 Å². The highest BCUT2D eigenvalue weighted by Gasteiger charge is 2.26. The summed E-state index contributed by atoms with van der Waals surface area (Å²) in [6.07, 6.45) is 0. The lowest BCUT2D eigenvalue weighted by Crippen LogP contribution is -2.45. The molecular formula is C25H27N3O4. The lowest BCUT2D eigenvalue weighted by Gasteiger charge is -2.35. The van der Waals surface area contributed by atoms with Crippen molar-refractivity contribution in [3.8, 4) is 5.75 Å². The minimum absolute atomic E-state index is 0.0759. The SMILES string of the molecule is COc1ccccc1NC(=O)C(=O)NCC(c1cccc2ccccc12)N1CCOCC1. The van der Waals surface area contributed by atoms with Gasteiger partial charge in [-0.3, -0.25) is 14.5 Å². The number of methoxy groups -OCH3 is 1. The van der Waals surface area contributed by atoms with Crippen molar-refractivity contribution in [3.63, 3.8) is 0 Å². The first-order chi connectivity index (χ1) is 15.7. The van der Waals surface area contributed by atoms with Crippen LogP contribution in [-0.2, 0) is 14.3 Å². The van der Waals surface area contributed by atoms with Gasteiger partial charge in [-0.25, -0.2) is 0 Å². The van der Waals surface area contributed by atoms with Gasteiger partial charge < -0.3 is 20.1 Å². The quantitative estimate of drug-likeness (QED) is 0.585. The molecule has 4 rings (SSSR count). The predicted octanol–water partition coefficient (Wildman–Crippen LogP) is 2.98. The Kier molecular flexibility index (Phi) is 6.99. The van der Waals surface area contributed by atoms with E-state index < -0.39 is 11.8 Å². The summed E-state index contributed by atoms with van der Waals surface area (Å²) in [6.45, 7) is 3.12. The third-order valence-corrected chi connectivity index (χ3v) is 5.69. The zero-order valence-corrected chi connectivity index (χ0v) is 18.0. The third kappa shape index (κ3) is 4.90. The highest BCUT2D eigenvalue weighted by atomic mass is 16.5. The first-order valence-electron chi connectivity index (χ1n) is 10.7. The van der Waals surface area contributed by atoms with E-state index >= 15 is 0 Å². The fraction of sp³-hybridized carbons (Fsp3) is 0.280. The van der Waals surface area contributed by atoms with Gasteiger partial charge in [-0.15, -0.1) is 0 Å². The second kappa shape index (κ2) is 10.3. The Morgan fingerprint density at radius 2 is 1.69 bits per heavy atom. The molecule has 7 heteroatoms. The first-order valence-corrected chi connectivity index (χ1v) is 10.7. The Morgan fingerprint density at radius 3 is 2.50 bits per heavy atom. The van der Waals surface area contributed by atoms with Crippen LogP contribution in [0.15, 0.2) is 66.7 Å². The van der Waals surface area contributed by atoms with Crippen LogP contribution in [-0.4, -0.2) is 56.7 Å². The maximum atomic E-state index is 12.6. The summed E-state index contributed by atoms with van der Waals surface area (Å²) in [5, 5.41) is 7.73. The van der Waals surface area contributed by atoms with E-state index in [1.54, 1.807) is 24.3 Å². The summed E-state index contributed by atoms with van der Waals surface area (Å²) in [5.41, 5.74) is 1.57. The number of nitrogens with zero attached hydrogens (tertiary/aromatic N) is 1. The number of rotatable bonds is 6. The fourth-order valence-corrected chi connectivity index (χ4v) is 4.06. The molecule has 1 fully saturated rings. The molecule has 0 spiro atoms. The normalized spacial score (nSPS) is 15.2. The lowest BCUT2D eigenvalue weighted by molar-refractivity contribution is -0.136. The Bertz CT molecular complexity index is 1090. The minimum atomic E-state index is -0.729. The van der Waals surface area contributed by atoms with E-state index in [1.165, 1.54) is 7.11 Å². The number of fused-ring (bicyclic) bond motifs is 1. The number of carbonyl (C=O) groups is 2. The Labute approximate surface area is 187 Å². The number of para-hydroxylation sites is 2. The van der Waals surface area contributed by atoms with Crippen molar-refractivity contribution in [1.82, 2.24) is 10.2 Å². The molecule has 0 bridgehead atoms. The summed E-state index contributed by atoms with van der Waals surface area (Å²) in [4.78, 5) is 27.4. The molecule has 1 unspecified atom stereocenters. The number of hydrogen-bond acceptors (Lipinski definition) is 5. The number of amides is 2. The maximum absolute atomic E-state index is 12.6. The van der Waals surface area contributed by atoms with Gasteiger partial charge in [0.15, 0.2) is 0 Å². The van der Waals surface area contributed by atoms with Crippen LogP contribution in [0.4, 0.5) is 5.69 Å². The molecule has 32 heavy (non-hydrogen) atoms. The number of nitrogens with one attached hydrogen (secondary N) is 2. The Hall–Kier alpha value is -3.42. The second-order valence-corrected chi connectivity index (χ2v) is 7.60. The van der Waals surface area contributed by atoms with E-state index in [2.05, 4.69) is 39.8 Å². The minimum Gasteiger partial charge on any atom is -0.495 e.